The van der Waals surface area contributed by atoms with Crippen LogP contribution < -0.4 is 0 Å². The summed E-state index contributed by atoms with van der Waals surface area (Å²) >= 11 is 5.45. The normalized spacial score (nSPS) is 10.9. The fourth-order valence-corrected chi connectivity index (χ4v) is 1.56. The zero-order valence-electron chi connectivity index (χ0n) is 12.4. The summed E-state index contributed by atoms with van der Waals surface area (Å²) in [5.41, 5.74) is 0.648. The largest absolute Gasteiger partial charge is 0.461 e. The molecule has 0 atom stereocenters. The van der Waals surface area contributed by atoms with Gasteiger partial charge in [-0.05, 0) is 38.5 Å². The molecule has 0 spiro atoms. The van der Waals surface area contributed by atoms with Gasteiger partial charge in [0.15, 0.2) is 0 Å². The van der Waals surface area contributed by atoms with Crippen LogP contribution in [0, 0.1) is 0 Å². The van der Waals surface area contributed by atoms with Crippen molar-refractivity contribution in [2.75, 3.05) is 12.5 Å². The van der Waals surface area contributed by atoms with Crippen LogP contribution in [0.3, 0.4) is 0 Å². The van der Waals surface area contributed by atoms with Crippen LogP contribution in [-0.2, 0) is 14.3 Å². The third-order valence-electron chi connectivity index (χ3n) is 2.42. The molecule has 1 rings (SSSR count). The number of halogens is 1. The first-order valence-electron chi connectivity index (χ1n) is 6.50. The van der Waals surface area contributed by atoms with Crippen molar-refractivity contribution in [3.8, 4) is 0 Å². The molecule has 0 aliphatic heterocycles. The molecule has 0 heterocycles. The maximum Gasteiger partial charge on any atom is 0.338 e. The number of hydrogen-bond donors (Lipinski definition) is 0. The minimum atomic E-state index is -0.578. The van der Waals surface area contributed by atoms with Crippen molar-refractivity contribution in [2.45, 2.75) is 26.4 Å². The Hall–Kier alpha value is -1.81. The average Bonchev–Trinajstić information content (AvgIpc) is 2.42. The van der Waals surface area contributed by atoms with Gasteiger partial charge in [0.2, 0.25) is 0 Å². The number of benzene rings is 1. The van der Waals surface area contributed by atoms with Gasteiger partial charge >= 0.3 is 11.9 Å². The lowest BCUT2D eigenvalue weighted by Crippen LogP contribution is -2.24. The van der Waals surface area contributed by atoms with E-state index in [4.69, 9.17) is 21.1 Å². The topological polar surface area (TPSA) is 52.6 Å². The van der Waals surface area contributed by atoms with E-state index >= 15 is 0 Å². The standard InChI is InChI=1S/C16H19ClO4/c1-11(14(18)21-16(2,3)4)12-5-7-13(8-6-12)15(19)20-10-9-17/h5-8H,1,9-10H2,2-4H3. The van der Waals surface area contributed by atoms with Gasteiger partial charge in [0.05, 0.1) is 17.0 Å². The van der Waals surface area contributed by atoms with Crippen LogP contribution >= 0.6 is 11.6 Å². The number of alkyl halides is 1. The monoisotopic (exact) mass is 310 g/mol. The molecule has 1 aromatic carbocycles. The van der Waals surface area contributed by atoms with Crippen LogP contribution in [0.1, 0.15) is 36.7 Å². The average molecular weight is 311 g/mol. The minimum Gasteiger partial charge on any atom is -0.461 e. The Kier molecular flexibility index (Phi) is 5.97. The third-order valence-corrected chi connectivity index (χ3v) is 2.58. The first-order chi connectivity index (χ1) is 9.74. The molecule has 0 fully saturated rings. The highest BCUT2D eigenvalue weighted by Gasteiger charge is 2.19. The summed E-state index contributed by atoms with van der Waals surface area (Å²) in [6.45, 7) is 9.24. The molecule has 0 saturated carbocycles. The van der Waals surface area contributed by atoms with Gasteiger partial charge in [0, 0.05) is 0 Å². The van der Waals surface area contributed by atoms with E-state index in [1.54, 1.807) is 45.0 Å². The second-order valence-electron chi connectivity index (χ2n) is 5.38. The summed E-state index contributed by atoms with van der Waals surface area (Å²) < 4.78 is 10.1. The molecule has 0 aromatic heterocycles. The van der Waals surface area contributed by atoms with Crippen LogP contribution in [0.25, 0.3) is 5.57 Å². The van der Waals surface area contributed by atoms with Crippen LogP contribution in [0.4, 0.5) is 0 Å². The van der Waals surface area contributed by atoms with E-state index in [2.05, 4.69) is 6.58 Å². The lowest BCUT2D eigenvalue weighted by atomic mass is 10.1. The second kappa shape index (κ2) is 7.27. The number of ether oxygens (including phenoxy) is 2. The van der Waals surface area contributed by atoms with Crippen LogP contribution in [0.15, 0.2) is 30.8 Å². The van der Waals surface area contributed by atoms with Crippen molar-refractivity contribution < 1.29 is 19.1 Å². The van der Waals surface area contributed by atoms with Gasteiger partial charge in [-0.25, -0.2) is 9.59 Å². The summed E-state index contributed by atoms with van der Waals surface area (Å²) in [6, 6.07) is 6.40. The first-order valence-corrected chi connectivity index (χ1v) is 7.04. The van der Waals surface area contributed by atoms with Crippen LogP contribution in [-0.4, -0.2) is 30.0 Å². The molecule has 0 N–H and O–H groups in total. The van der Waals surface area contributed by atoms with Crippen molar-refractivity contribution in [1.29, 1.82) is 0 Å². The molecule has 1 aromatic rings. The Morgan fingerprint density at radius 1 is 1.14 bits per heavy atom. The van der Waals surface area contributed by atoms with Crippen molar-refractivity contribution in [3.05, 3.63) is 42.0 Å². The van der Waals surface area contributed by atoms with Crippen molar-refractivity contribution >= 4 is 29.1 Å². The summed E-state index contributed by atoms with van der Waals surface area (Å²) in [6.07, 6.45) is 0. The second-order valence-corrected chi connectivity index (χ2v) is 5.76. The third kappa shape index (κ3) is 5.60. The molecule has 0 unspecified atom stereocenters. The number of esters is 2. The summed E-state index contributed by atoms with van der Waals surface area (Å²) in [7, 11) is 0. The van der Waals surface area contributed by atoms with E-state index in [0.29, 0.717) is 11.1 Å². The predicted octanol–water partition coefficient (Wildman–Crippen LogP) is 3.44. The van der Waals surface area contributed by atoms with Gasteiger partial charge in [-0.3, -0.25) is 0 Å². The van der Waals surface area contributed by atoms with E-state index in [9.17, 15) is 9.59 Å². The van der Waals surface area contributed by atoms with Gasteiger partial charge in [0.1, 0.15) is 12.2 Å². The van der Waals surface area contributed by atoms with E-state index in [1.165, 1.54) is 0 Å². The SMILES string of the molecule is C=C(C(=O)OC(C)(C)C)c1ccc(C(=O)OCCCl)cc1. The molecule has 21 heavy (non-hydrogen) atoms. The Morgan fingerprint density at radius 2 is 1.67 bits per heavy atom. The lowest BCUT2D eigenvalue weighted by molar-refractivity contribution is -0.147. The highest BCUT2D eigenvalue weighted by atomic mass is 35.5. The summed E-state index contributed by atoms with van der Waals surface area (Å²) in [5, 5.41) is 0. The Labute approximate surface area is 129 Å². The van der Waals surface area contributed by atoms with E-state index < -0.39 is 17.5 Å². The molecule has 0 amide bonds. The van der Waals surface area contributed by atoms with Gasteiger partial charge < -0.3 is 9.47 Å². The molecule has 5 heteroatoms. The molecule has 0 saturated heterocycles. The van der Waals surface area contributed by atoms with Gasteiger partial charge in [-0.1, -0.05) is 18.7 Å². The Morgan fingerprint density at radius 3 is 2.14 bits per heavy atom. The lowest BCUT2D eigenvalue weighted by Gasteiger charge is -2.20. The zero-order chi connectivity index (χ0) is 16.0. The van der Waals surface area contributed by atoms with Gasteiger partial charge in [-0.15, -0.1) is 11.6 Å². The minimum absolute atomic E-state index is 0.159. The Bertz CT molecular complexity index is 526. The quantitative estimate of drug-likeness (QED) is 0.475. The first kappa shape index (κ1) is 17.2. The van der Waals surface area contributed by atoms with Crippen LogP contribution in [0.2, 0.25) is 0 Å². The smallest absolute Gasteiger partial charge is 0.338 e. The van der Waals surface area contributed by atoms with Crippen LogP contribution in [0.5, 0.6) is 0 Å². The predicted molar refractivity (Wildman–Crippen MR) is 82.3 cm³/mol. The van der Waals surface area contributed by atoms with Crippen molar-refractivity contribution in [2.24, 2.45) is 0 Å². The zero-order valence-corrected chi connectivity index (χ0v) is 13.2. The molecule has 0 aliphatic carbocycles. The fourth-order valence-electron chi connectivity index (χ4n) is 1.48. The van der Waals surface area contributed by atoms with E-state index in [1.807, 2.05) is 0 Å². The number of hydrogen-bond acceptors (Lipinski definition) is 4. The molecule has 114 valence electrons. The molecule has 0 radical (unpaired) electrons. The van der Waals surface area contributed by atoms with E-state index in [0.717, 1.165) is 0 Å². The molecule has 0 bridgehead atoms. The number of rotatable bonds is 5. The van der Waals surface area contributed by atoms with Gasteiger partial charge in [0.25, 0.3) is 0 Å². The molecular weight excluding hydrogens is 292 g/mol. The fraction of sp³-hybridized carbons (Fsp3) is 0.375. The number of carbonyl (C=O) groups excluding carboxylic acids is 2. The van der Waals surface area contributed by atoms with Crippen molar-refractivity contribution in [1.82, 2.24) is 0 Å². The van der Waals surface area contributed by atoms with Crippen molar-refractivity contribution in [3.63, 3.8) is 0 Å². The van der Waals surface area contributed by atoms with Gasteiger partial charge in [-0.2, -0.15) is 0 Å². The summed E-state index contributed by atoms with van der Waals surface area (Å²) in [5.74, 6) is -0.690. The highest BCUT2D eigenvalue weighted by molar-refractivity contribution is 6.18. The summed E-state index contributed by atoms with van der Waals surface area (Å²) in [4.78, 5) is 23.5. The number of carbonyl (C=O) groups is 2. The maximum atomic E-state index is 11.9. The molecule has 4 nitrogen and oxygen atoms in total. The highest BCUT2D eigenvalue weighted by Crippen LogP contribution is 2.19. The molecular formula is C16H19ClO4. The maximum absolute atomic E-state index is 11.9. The molecule has 0 aliphatic rings. The Balaban J connectivity index is 2.76. The van der Waals surface area contributed by atoms with E-state index in [-0.39, 0.29) is 18.1 Å².